The van der Waals surface area contributed by atoms with Gasteiger partial charge < -0.3 is 15.4 Å². The standard InChI is InChI=1S/C28H26FN7OS/c1-28(2,3)11-23(37)32-17-8-16(12-30-13-17)18-9-19-22(10-20(18)29)35-36-25(19)27-33-21-4-6-31-24(26(21)34-27)15-5-7-38-14-15/h4-10,12-14,23,32,37H,11H2,1-3H3,(H,33,34)(H,35,36). The van der Waals surface area contributed by atoms with Crippen molar-refractivity contribution in [3.05, 3.63) is 65.5 Å². The Morgan fingerprint density at radius 1 is 1.08 bits per heavy atom. The van der Waals surface area contributed by atoms with Gasteiger partial charge in [0.15, 0.2) is 5.82 Å². The van der Waals surface area contributed by atoms with Crippen LogP contribution >= 0.6 is 11.3 Å². The number of thiophene rings is 1. The molecule has 0 bridgehead atoms. The Morgan fingerprint density at radius 3 is 2.74 bits per heavy atom. The lowest BCUT2D eigenvalue weighted by Gasteiger charge is -2.23. The number of rotatable bonds is 6. The third-order valence-electron chi connectivity index (χ3n) is 6.26. The highest BCUT2D eigenvalue weighted by molar-refractivity contribution is 7.08. The van der Waals surface area contributed by atoms with Gasteiger partial charge >= 0.3 is 0 Å². The van der Waals surface area contributed by atoms with Gasteiger partial charge in [0.1, 0.15) is 23.3 Å². The predicted octanol–water partition coefficient (Wildman–Crippen LogP) is 6.60. The van der Waals surface area contributed by atoms with Gasteiger partial charge in [0.05, 0.1) is 28.6 Å². The number of H-pyrrole nitrogens is 2. The number of halogens is 1. The number of hydrogen-bond acceptors (Lipinski definition) is 7. The van der Waals surface area contributed by atoms with Crippen molar-refractivity contribution in [2.75, 3.05) is 5.32 Å². The van der Waals surface area contributed by atoms with E-state index in [0.29, 0.717) is 40.3 Å². The number of nitrogens with zero attached hydrogens (tertiary/aromatic N) is 4. The quantitative estimate of drug-likeness (QED) is 0.182. The number of aromatic amines is 2. The molecule has 1 aromatic carbocycles. The van der Waals surface area contributed by atoms with Gasteiger partial charge in [0.2, 0.25) is 0 Å². The van der Waals surface area contributed by atoms with E-state index in [2.05, 4.69) is 51.2 Å². The zero-order chi connectivity index (χ0) is 26.4. The van der Waals surface area contributed by atoms with Crippen LogP contribution in [0.4, 0.5) is 10.1 Å². The average molecular weight is 528 g/mol. The summed E-state index contributed by atoms with van der Waals surface area (Å²) in [7, 11) is 0. The Labute approximate surface area is 222 Å². The molecule has 6 aromatic rings. The molecule has 0 aliphatic heterocycles. The number of nitrogens with one attached hydrogen (secondary N) is 3. The number of aliphatic hydroxyl groups excluding tert-OH is 1. The van der Waals surface area contributed by atoms with Crippen LogP contribution in [0.3, 0.4) is 0 Å². The molecule has 1 unspecified atom stereocenters. The second-order valence-corrected chi connectivity index (χ2v) is 11.3. The highest BCUT2D eigenvalue weighted by Gasteiger charge is 2.20. The molecule has 38 heavy (non-hydrogen) atoms. The summed E-state index contributed by atoms with van der Waals surface area (Å²) in [6.07, 6.45) is 4.77. The van der Waals surface area contributed by atoms with Crippen LogP contribution in [0.2, 0.25) is 0 Å². The topological polar surface area (TPSA) is 115 Å². The SMILES string of the molecule is CC(C)(C)CC(O)Nc1cncc(-c2cc3c(-c4nc5c(-c6ccsc6)nccc5[nH]4)n[nH]c3cc2F)c1. The van der Waals surface area contributed by atoms with Crippen LogP contribution in [-0.2, 0) is 0 Å². The molecule has 0 fully saturated rings. The van der Waals surface area contributed by atoms with E-state index in [0.717, 1.165) is 27.7 Å². The lowest BCUT2D eigenvalue weighted by atomic mass is 9.91. The molecule has 8 nitrogen and oxygen atoms in total. The first-order valence-electron chi connectivity index (χ1n) is 12.2. The molecule has 10 heteroatoms. The fraction of sp³-hybridized carbons (Fsp3) is 0.214. The summed E-state index contributed by atoms with van der Waals surface area (Å²) < 4.78 is 15.2. The minimum atomic E-state index is -0.749. The monoisotopic (exact) mass is 527 g/mol. The lowest BCUT2D eigenvalue weighted by Crippen LogP contribution is -2.25. The Kier molecular flexibility index (Phi) is 5.93. The number of anilines is 1. The fourth-order valence-electron chi connectivity index (χ4n) is 4.59. The second-order valence-electron chi connectivity index (χ2n) is 10.5. The molecule has 0 amide bonds. The maximum absolute atomic E-state index is 15.2. The van der Waals surface area contributed by atoms with Crippen molar-refractivity contribution in [1.82, 2.24) is 30.1 Å². The maximum Gasteiger partial charge on any atom is 0.159 e. The van der Waals surface area contributed by atoms with Crippen molar-refractivity contribution in [2.24, 2.45) is 5.41 Å². The maximum atomic E-state index is 15.2. The minimum absolute atomic E-state index is 0.0521. The Morgan fingerprint density at radius 2 is 1.95 bits per heavy atom. The molecule has 0 spiro atoms. The van der Waals surface area contributed by atoms with Crippen molar-refractivity contribution < 1.29 is 9.50 Å². The first kappa shape index (κ1) is 24.2. The van der Waals surface area contributed by atoms with Crippen molar-refractivity contribution in [2.45, 2.75) is 33.4 Å². The molecular formula is C28H26FN7OS. The van der Waals surface area contributed by atoms with Crippen LogP contribution in [-0.4, -0.2) is 41.5 Å². The van der Waals surface area contributed by atoms with Gasteiger partial charge in [0.25, 0.3) is 0 Å². The number of imidazole rings is 1. The molecule has 0 radical (unpaired) electrons. The molecule has 4 N–H and O–H groups in total. The normalized spacial score (nSPS) is 12.9. The van der Waals surface area contributed by atoms with Crippen molar-refractivity contribution in [3.8, 4) is 33.9 Å². The van der Waals surface area contributed by atoms with Gasteiger partial charge in [-0.25, -0.2) is 9.37 Å². The van der Waals surface area contributed by atoms with Gasteiger partial charge in [-0.05, 0) is 41.5 Å². The number of benzene rings is 1. The average Bonchev–Trinajstić information content (AvgIpc) is 3.61. The summed E-state index contributed by atoms with van der Waals surface area (Å²) in [6.45, 7) is 6.17. The molecule has 5 aromatic heterocycles. The van der Waals surface area contributed by atoms with E-state index < -0.39 is 12.0 Å². The van der Waals surface area contributed by atoms with E-state index >= 15 is 4.39 Å². The van der Waals surface area contributed by atoms with Gasteiger partial charge in [-0.2, -0.15) is 16.4 Å². The largest absolute Gasteiger partial charge is 0.374 e. The van der Waals surface area contributed by atoms with E-state index in [9.17, 15) is 5.11 Å². The Bertz CT molecular complexity index is 1750. The van der Waals surface area contributed by atoms with Crippen LogP contribution < -0.4 is 5.32 Å². The molecule has 192 valence electrons. The predicted molar refractivity (Wildman–Crippen MR) is 149 cm³/mol. The van der Waals surface area contributed by atoms with Gasteiger partial charge in [0, 0.05) is 45.9 Å². The molecule has 0 aliphatic carbocycles. The molecule has 0 aliphatic rings. The first-order valence-corrected chi connectivity index (χ1v) is 13.1. The van der Waals surface area contributed by atoms with Crippen molar-refractivity contribution in [1.29, 1.82) is 0 Å². The minimum Gasteiger partial charge on any atom is -0.374 e. The fourth-order valence-corrected chi connectivity index (χ4v) is 5.23. The summed E-state index contributed by atoms with van der Waals surface area (Å²) in [5.74, 6) is 0.155. The van der Waals surface area contributed by atoms with E-state index in [1.165, 1.54) is 6.07 Å². The van der Waals surface area contributed by atoms with Gasteiger partial charge in [-0.15, -0.1) is 0 Å². The van der Waals surface area contributed by atoms with E-state index in [-0.39, 0.29) is 5.41 Å². The molecule has 0 saturated carbocycles. The third-order valence-corrected chi connectivity index (χ3v) is 6.94. The Hall–Kier alpha value is -4.15. The van der Waals surface area contributed by atoms with Crippen LogP contribution in [0.5, 0.6) is 0 Å². The van der Waals surface area contributed by atoms with Crippen LogP contribution in [0.25, 0.3) is 55.8 Å². The smallest absolute Gasteiger partial charge is 0.159 e. The Balaban J connectivity index is 1.39. The lowest BCUT2D eigenvalue weighted by molar-refractivity contribution is 0.145. The first-order chi connectivity index (χ1) is 18.2. The second kappa shape index (κ2) is 9.30. The van der Waals surface area contributed by atoms with Crippen LogP contribution in [0.15, 0.2) is 59.7 Å². The molecule has 5 heterocycles. The summed E-state index contributed by atoms with van der Waals surface area (Å²) in [5.41, 5.74) is 6.03. The van der Waals surface area contributed by atoms with Gasteiger partial charge in [-0.3, -0.25) is 15.1 Å². The van der Waals surface area contributed by atoms with Crippen LogP contribution in [0.1, 0.15) is 27.2 Å². The highest BCUT2D eigenvalue weighted by Crippen LogP contribution is 2.34. The van der Waals surface area contributed by atoms with Crippen molar-refractivity contribution in [3.63, 3.8) is 0 Å². The third kappa shape index (κ3) is 4.64. The zero-order valence-electron chi connectivity index (χ0n) is 21.1. The van der Waals surface area contributed by atoms with Crippen molar-refractivity contribution >= 4 is 39.0 Å². The molecular weight excluding hydrogens is 501 g/mol. The summed E-state index contributed by atoms with van der Waals surface area (Å²) in [4.78, 5) is 17.0. The van der Waals surface area contributed by atoms with Gasteiger partial charge in [-0.1, -0.05) is 20.8 Å². The summed E-state index contributed by atoms with van der Waals surface area (Å²) in [6, 6.07) is 8.85. The van der Waals surface area contributed by atoms with Crippen LogP contribution in [0, 0.1) is 11.2 Å². The highest BCUT2D eigenvalue weighted by atomic mass is 32.1. The zero-order valence-corrected chi connectivity index (χ0v) is 21.9. The number of aliphatic hydroxyl groups is 1. The number of hydrogen-bond donors (Lipinski definition) is 4. The molecule has 6 rings (SSSR count). The van der Waals surface area contributed by atoms with E-state index in [1.807, 2.05) is 22.9 Å². The summed E-state index contributed by atoms with van der Waals surface area (Å²) >= 11 is 1.60. The van der Waals surface area contributed by atoms with E-state index in [4.69, 9.17) is 4.98 Å². The number of pyridine rings is 2. The molecule has 0 saturated heterocycles. The molecule has 1 atom stereocenters. The number of aromatic nitrogens is 6. The van der Waals surface area contributed by atoms with E-state index in [1.54, 1.807) is 42.1 Å². The number of fused-ring (bicyclic) bond motifs is 2. The summed E-state index contributed by atoms with van der Waals surface area (Å²) in [5, 5.41) is 25.6.